The maximum Gasteiger partial charge on any atom is 0.251 e. The van der Waals surface area contributed by atoms with Gasteiger partial charge in [-0.2, -0.15) is 0 Å². The van der Waals surface area contributed by atoms with Gasteiger partial charge in [0.1, 0.15) is 0 Å². The van der Waals surface area contributed by atoms with Crippen molar-refractivity contribution in [3.05, 3.63) is 65.2 Å². The van der Waals surface area contributed by atoms with Crippen LogP contribution in [0.1, 0.15) is 27.6 Å². The van der Waals surface area contributed by atoms with Crippen molar-refractivity contribution in [2.75, 3.05) is 38.8 Å². The van der Waals surface area contributed by atoms with E-state index in [-0.39, 0.29) is 25.2 Å². The molecule has 0 fully saturated rings. The van der Waals surface area contributed by atoms with E-state index in [0.717, 1.165) is 16.8 Å². The van der Waals surface area contributed by atoms with Gasteiger partial charge < -0.3 is 20.1 Å². The number of nitrogens with zero attached hydrogens (tertiary/aromatic N) is 1. The molecule has 0 saturated carbocycles. The molecule has 0 unspecified atom stereocenters. The largest absolute Gasteiger partial charge is 0.394 e. The van der Waals surface area contributed by atoms with Crippen molar-refractivity contribution < 1.29 is 14.6 Å². The fourth-order valence-corrected chi connectivity index (χ4v) is 2.46. The second-order valence-electron chi connectivity index (χ2n) is 6.15. The summed E-state index contributed by atoms with van der Waals surface area (Å²) in [5.41, 5.74) is 3.71. The lowest BCUT2D eigenvalue weighted by molar-refractivity contribution is 0.0277. The van der Waals surface area contributed by atoms with Crippen molar-refractivity contribution in [1.29, 1.82) is 0 Å². The third-order valence-electron chi connectivity index (χ3n) is 3.93. The number of ether oxygens (including phenoxy) is 1. The lowest BCUT2D eigenvalue weighted by Gasteiger charge is -2.19. The molecule has 2 aromatic rings. The number of carbonyl (C=O) groups excluding carboxylic acids is 1. The number of benzene rings is 2. The zero-order chi connectivity index (χ0) is 18.2. The van der Waals surface area contributed by atoms with Gasteiger partial charge in [0.05, 0.1) is 19.3 Å². The van der Waals surface area contributed by atoms with E-state index in [2.05, 4.69) is 5.32 Å². The predicted octanol–water partition coefficient (Wildman–Crippen LogP) is 2.54. The van der Waals surface area contributed by atoms with Gasteiger partial charge in [-0.05, 0) is 30.7 Å². The molecule has 0 spiro atoms. The number of amides is 1. The lowest BCUT2D eigenvalue weighted by Crippen LogP contribution is -2.30. The molecule has 2 N–H and O–H groups in total. The van der Waals surface area contributed by atoms with Crippen LogP contribution in [0.15, 0.2) is 48.5 Å². The number of aliphatic hydroxyl groups is 1. The fraction of sp³-hybridized carbons (Fsp3) is 0.350. The Morgan fingerprint density at radius 1 is 1.20 bits per heavy atom. The lowest BCUT2D eigenvalue weighted by atomic mass is 10.1. The van der Waals surface area contributed by atoms with Gasteiger partial charge in [0, 0.05) is 31.9 Å². The number of hydrogen-bond donors (Lipinski definition) is 2. The van der Waals surface area contributed by atoms with Gasteiger partial charge in [0.25, 0.3) is 5.91 Å². The summed E-state index contributed by atoms with van der Waals surface area (Å²) < 4.78 is 5.69. The Morgan fingerprint density at radius 2 is 1.92 bits per heavy atom. The first-order valence-electron chi connectivity index (χ1n) is 8.36. The van der Waals surface area contributed by atoms with Crippen LogP contribution in [-0.4, -0.2) is 44.9 Å². The van der Waals surface area contributed by atoms with Crippen molar-refractivity contribution in [2.45, 2.75) is 13.0 Å². The van der Waals surface area contributed by atoms with Crippen LogP contribution in [0, 0.1) is 6.92 Å². The molecule has 0 aliphatic carbocycles. The third-order valence-corrected chi connectivity index (χ3v) is 3.93. The van der Waals surface area contributed by atoms with Crippen LogP contribution in [-0.2, 0) is 4.74 Å². The first-order valence-corrected chi connectivity index (χ1v) is 8.36. The smallest absolute Gasteiger partial charge is 0.251 e. The summed E-state index contributed by atoms with van der Waals surface area (Å²) in [6.45, 7) is 2.53. The second-order valence-corrected chi connectivity index (χ2v) is 6.15. The minimum Gasteiger partial charge on any atom is -0.394 e. The molecule has 0 aliphatic heterocycles. The van der Waals surface area contributed by atoms with Crippen molar-refractivity contribution in [3.8, 4) is 0 Å². The topological polar surface area (TPSA) is 61.8 Å². The number of hydrogen-bond acceptors (Lipinski definition) is 4. The zero-order valence-electron chi connectivity index (χ0n) is 15.0. The number of aryl methyl sites for hydroxylation is 1. The Hall–Kier alpha value is -2.37. The highest BCUT2D eigenvalue weighted by atomic mass is 16.5. The van der Waals surface area contributed by atoms with Crippen LogP contribution in [0.25, 0.3) is 0 Å². The van der Waals surface area contributed by atoms with E-state index in [1.165, 1.54) is 0 Å². The monoisotopic (exact) mass is 342 g/mol. The molecular formula is C20H26N2O3. The van der Waals surface area contributed by atoms with Crippen LogP contribution in [0.5, 0.6) is 0 Å². The van der Waals surface area contributed by atoms with E-state index in [1.54, 1.807) is 6.07 Å². The van der Waals surface area contributed by atoms with E-state index >= 15 is 0 Å². The Morgan fingerprint density at radius 3 is 2.56 bits per heavy atom. The predicted molar refractivity (Wildman–Crippen MR) is 100 cm³/mol. The van der Waals surface area contributed by atoms with Crippen molar-refractivity contribution >= 4 is 11.6 Å². The standard InChI is InChI=1S/C20H26N2O3/c1-15-7-9-16(10-8-15)19(25-12-11-23)14-21-20(24)17-5-4-6-18(13-17)22(2)3/h4-10,13,19,23H,11-12,14H2,1-3H3,(H,21,24)/t19-/m0/s1. The summed E-state index contributed by atoms with van der Waals surface area (Å²) in [4.78, 5) is 14.4. The molecule has 1 amide bonds. The van der Waals surface area contributed by atoms with E-state index in [1.807, 2.05) is 68.4 Å². The summed E-state index contributed by atoms with van der Waals surface area (Å²) in [5, 5.41) is 12.0. The quantitative estimate of drug-likeness (QED) is 0.774. The SMILES string of the molecule is Cc1ccc([C@H](CNC(=O)c2cccc(N(C)C)c2)OCCO)cc1. The number of carbonyl (C=O) groups is 1. The second kappa shape index (κ2) is 9.20. The molecule has 0 saturated heterocycles. The molecule has 5 heteroatoms. The Kier molecular flexibility index (Phi) is 6.98. The minimum atomic E-state index is -0.297. The Balaban J connectivity index is 2.05. The first kappa shape index (κ1) is 19.0. The number of rotatable bonds is 8. The molecule has 5 nitrogen and oxygen atoms in total. The summed E-state index contributed by atoms with van der Waals surface area (Å²) in [7, 11) is 3.88. The first-order chi connectivity index (χ1) is 12.0. The highest BCUT2D eigenvalue weighted by Gasteiger charge is 2.14. The number of aliphatic hydroxyl groups excluding tert-OH is 1. The molecule has 25 heavy (non-hydrogen) atoms. The van der Waals surface area contributed by atoms with Gasteiger partial charge in [-0.25, -0.2) is 0 Å². The van der Waals surface area contributed by atoms with E-state index in [9.17, 15) is 4.79 Å². The van der Waals surface area contributed by atoms with Crippen LogP contribution in [0.4, 0.5) is 5.69 Å². The molecule has 2 rings (SSSR count). The third kappa shape index (κ3) is 5.59. The number of nitrogens with one attached hydrogen (secondary N) is 1. The van der Waals surface area contributed by atoms with Crippen molar-refractivity contribution in [2.24, 2.45) is 0 Å². The minimum absolute atomic E-state index is 0.0544. The molecule has 1 atom stereocenters. The van der Waals surface area contributed by atoms with Crippen LogP contribution < -0.4 is 10.2 Å². The normalized spacial score (nSPS) is 11.8. The summed E-state index contributed by atoms with van der Waals surface area (Å²) in [5.74, 6) is -0.145. The van der Waals surface area contributed by atoms with Crippen LogP contribution >= 0.6 is 0 Å². The summed E-state index contributed by atoms with van der Waals surface area (Å²) in [6.07, 6.45) is -0.297. The van der Waals surface area contributed by atoms with Gasteiger partial charge >= 0.3 is 0 Å². The molecule has 0 aromatic heterocycles. The van der Waals surface area contributed by atoms with Gasteiger partial charge in [-0.15, -0.1) is 0 Å². The highest BCUT2D eigenvalue weighted by molar-refractivity contribution is 5.95. The fourth-order valence-electron chi connectivity index (χ4n) is 2.46. The van der Waals surface area contributed by atoms with Gasteiger partial charge in [-0.1, -0.05) is 35.9 Å². The maximum atomic E-state index is 12.4. The summed E-state index contributed by atoms with van der Waals surface area (Å²) in [6, 6.07) is 15.4. The Labute approximate surface area is 149 Å². The van der Waals surface area contributed by atoms with Crippen molar-refractivity contribution in [1.82, 2.24) is 5.32 Å². The molecule has 2 aromatic carbocycles. The van der Waals surface area contributed by atoms with Gasteiger partial charge in [-0.3, -0.25) is 4.79 Å². The van der Waals surface area contributed by atoms with E-state index in [0.29, 0.717) is 12.1 Å². The van der Waals surface area contributed by atoms with Gasteiger partial charge in [0.2, 0.25) is 0 Å². The maximum absolute atomic E-state index is 12.4. The van der Waals surface area contributed by atoms with Crippen LogP contribution in [0.3, 0.4) is 0 Å². The van der Waals surface area contributed by atoms with Gasteiger partial charge in [0.15, 0.2) is 0 Å². The molecular weight excluding hydrogens is 316 g/mol. The van der Waals surface area contributed by atoms with E-state index in [4.69, 9.17) is 9.84 Å². The van der Waals surface area contributed by atoms with Crippen LogP contribution in [0.2, 0.25) is 0 Å². The average Bonchev–Trinajstić information content (AvgIpc) is 2.62. The highest BCUT2D eigenvalue weighted by Crippen LogP contribution is 2.18. The zero-order valence-corrected chi connectivity index (χ0v) is 15.0. The Bertz CT molecular complexity index is 684. The van der Waals surface area contributed by atoms with E-state index < -0.39 is 0 Å². The average molecular weight is 342 g/mol. The molecule has 0 aliphatic rings. The molecule has 0 heterocycles. The molecule has 0 bridgehead atoms. The molecule has 0 radical (unpaired) electrons. The molecule has 134 valence electrons. The van der Waals surface area contributed by atoms with Crippen molar-refractivity contribution in [3.63, 3.8) is 0 Å². The number of anilines is 1. The summed E-state index contributed by atoms with van der Waals surface area (Å²) >= 11 is 0.